The molecule has 21 heavy (non-hydrogen) atoms. The van der Waals surface area contributed by atoms with Crippen LogP contribution in [0.5, 0.6) is 0 Å². The van der Waals surface area contributed by atoms with Gasteiger partial charge in [0.15, 0.2) is 0 Å². The number of hydrogen-bond acceptors (Lipinski definition) is 3. The van der Waals surface area contributed by atoms with Crippen molar-refractivity contribution >= 4 is 17.5 Å². The predicted octanol–water partition coefficient (Wildman–Crippen LogP) is 1.87. The first-order chi connectivity index (χ1) is 10.0. The van der Waals surface area contributed by atoms with Crippen LogP contribution in [0.1, 0.15) is 38.2 Å². The van der Waals surface area contributed by atoms with Crippen molar-refractivity contribution < 1.29 is 9.59 Å². The summed E-state index contributed by atoms with van der Waals surface area (Å²) in [5.41, 5.74) is 7.49. The van der Waals surface area contributed by atoms with E-state index in [1.54, 1.807) is 0 Å². The Kier molecular flexibility index (Phi) is 5.33. The Balaban J connectivity index is 1.84. The lowest BCUT2D eigenvalue weighted by molar-refractivity contribution is -0.128. The minimum atomic E-state index is -0.0187. The number of carbonyl (C=O) groups excluding carboxylic acids is 2. The van der Waals surface area contributed by atoms with Gasteiger partial charge in [0, 0.05) is 37.7 Å². The maximum Gasteiger partial charge on any atom is 0.224 e. The minimum absolute atomic E-state index is 0.0187. The van der Waals surface area contributed by atoms with E-state index in [1.807, 2.05) is 36.1 Å². The van der Waals surface area contributed by atoms with E-state index in [0.29, 0.717) is 25.8 Å². The Morgan fingerprint density at radius 2 is 2.10 bits per heavy atom. The average Bonchev–Trinajstić information content (AvgIpc) is 2.84. The van der Waals surface area contributed by atoms with Gasteiger partial charge in [-0.3, -0.25) is 9.59 Å². The van der Waals surface area contributed by atoms with Crippen LogP contribution in [0.15, 0.2) is 24.3 Å². The molecule has 0 saturated carbocycles. The molecule has 0 radical (unpaired) electrons. The van der Waals surface area contributed by atoms with Gasteiger partial charge >= 0.3 is 0 Å². The van der Waals surface area contributed by atoms with Gasteiger partial charge in [-0.05, 0) is 37.5 Å². The maximum atomic E-state index is 11.7. The molecular formula is C16H23N3O2. The molecule has 3 N–H and O–H groups in total. The second kappa shape index (κ2) is 7.22. The molecule has 5 nitrogen and oxygen atoms in total. The zero-order valence-electron chi connectivity index (χ0n) is 12.5. The Hall–Kier alpha value is -1.88. The summed E-state index contributed by atoms with van der Waals surface area (Å²) >= 11 is 0. The molecule has 114 valence electrons. The molecule has 0 aromatic heterocycles. The van der Waals surface area contributed by atoms with E-state index in [4.69, 9.17) is 5.73 Å². The van der Waals surface area contributed by atoms with E-state index in [1.165, 1.54) is 0 Å². The Morgan fingerprint density at radius 3 is 2.67 bits per heavy atom. The normalized spacial score (nSPS) is 16.1. The molecule has 0 bridgehead atoms. The zero-order valence-corrected chi connectivity index (χ0v) is 12.5. The molecule has 1 saturated heterocycles. The van der Waals surface area contributed by atoms with E-state index < -0.39 is 0 Å². The molecule has 0 spiro atoms. The lowest BCUT2D eigenvalue weighted by atomic mass is 10.1. The summed E-state index contributed by atoms with van der Waals surface area (Å²) in [7, 11) is 0. The zero-order chi connectivity index (χ0) is 15.2. The number of anilines is 1. The highest BCUT2D eigenvalue weighted by Crippen LogP contribution is 2.16. The number of nitrogens with zero attached hydrogens (tertiary/aromatic N) is 1. The number of nitrogens with two attached hydrogens (primary N) is 1. The van der Waals surface area contributed by atoms with Crippen LogP contribution in [0.25, 0.3) is 0 Å². The summed E-state index contributed by atoms with van der Waals surface area (Å²) < 4.78 is 0. The number of hydrogen-bond donors (Lipinski definition) is 2. The van der Waals surface area contributed by atoms with Crippen molar-refractivity contribution in [2.24, 2.45) is 5.73 Å². The highest BCUT2D eigenvalue weighted by atomic mass is 16.2. The Morgan fingerprint density at radius 1 is 1.38 bits per heavy atom. The van der Waals surface area contributed by atoms with E-state index in [0.717, 1.165) is 24.2 Å². The number of benzene rings is 1. The van der Waals surface area contributed by atoms with E-state index in [9.17, 15) is 9.59 Å². The second-order valence-electron chi connectivity index (χ2n) is 5.68. The monoisotopic (exact) mass is 289 g/mol. The third-order valence-electron chi connectivity index (χ3n) is 3.61. The van der Waals surface area contributed by atoms with Crippen molar-refractivity contribution in [3.05, 3.63) is 29.8 Å². The Bertz CT molecular complexity index is 497. The van der Waals surface area contributed by atoms with Gasteiger partial charge < -0.3 is 16.0 Å². The number of carbonyl (C=O) groups is 2. The van der Waals surface area contributed by atoms with Gasteiger partial charge in [0.25, 0.3) is 0 Å². The fourth-order valence-corrected chi connectivity index (χ4v) is 2.37. The average molecular weight is 289 g/mol. The third kappa shape index (κ3) is 4.86. The number of nitrogens with one attached hydrogen (secondary N) is 1. The summed E-state index contributed by atoms with van der Waals surface area (Å²) in [5, 5.41) is 2.85. The topological polar surface area (TPSA) is 75.4 Å². The van der Waals surface area contributed by atoms with Crippen molar-refractivity contribution in [1.82, 2.24) is 4.90 Å². The van der Waals surface area contributed by atoms with Crippen LogP contribution >= 0.6 is 0 Å². The van der Waals surface area contributed by atoms with Crippen LogP contribution in [0.4, 0.5) is 5.69 Å². The van der Waals surface area contributed by atoms with Crippen LogP contribution < -0.4 is 11.1 Å². The van der Waals surface area contributed by atoms with Crippen LogP contribution in [0, 0.1) is 0 Å². The first kappa shape index (κ1) is 15.5. The number of rotatable bonds is 6. The molecular weight excluding hydrogens is 266 g/mol. The maximum absolute atomic E-state index is 11.7. The summed E-state index contributed by atoms with van der Waals surface area (Å²) in [6, 6.07) is 7.69. The second-order valence-corrected chi connectivity index (χ2v) is 5.68. The number of amides is 2. The lowest BCUT2D eigenvalue weighted by Gasteiger charge is -2.15. The summed E-state index contributed by atoms with van der Waals surface area (Å²) in [6.45, 7) is 3.38. The minimum Gasteiger partial charge on any atom is -0.338 e. The predicted molar refractivity (Wildman–Crippen MR) is 82.6 cm³/mol. The van der Waals surface area contributed by atoms with E-state index in [-0.39, 0.29) is 17.9 Å². The summed E-state index contributed by atoms with van der Waals surface area (Å²) in [4.78, 5) is 25.2. The molecule has 2 amide bonds. The van der Waals surface area contributed by atoms with Crippen LogP contribution in [0.2, 0.25) is 0 Å². The largest absolute Gasteiger partial charge is 0.338 e. The van der Waals surface area contributed by atoms with Crippen molar-refractivity contribution in [2.75, 3.05) is 11.9 Å². The molecule has 1 fully saturated rings. The molecule has 2 rings (SSSR count). The van der Waals surface area contributed by atoms with Gasteiger partial charge in [-0.2, -0.15) is 0 Å². The standard InChI is InChI=1S/C16H23N3O2/c1-12(17)4-9-15(20)18-14-7-5-13(6-8-14)11-19-10-2-3-16(19)21/h5-8,12H,2-4,9-11,17H2,1H3,(H,18,20). The van der Waals surface area contributed by atoms with Crippen LogP contribution in [-0.4, -0.2) is 29.3 Å². The highest BCUT2D eigenvalue weighted by molar-refractivity contribution is 5.90. The highest BCUT2D eigenvalue weighted by Gasteiger charge is 2.19. The first-order valence-corrected chi connectivity index (χ1v) is 7.47. The summed E-state index contributed by atoms with van der Waals surface area (Å²) in [6.07, 6.45) is 2.73. The van der Waals surface area contributed by atoms with Crippen LogP contribution in [0.3, 0.4) is 0 Å². The van der Waals surface area contributed by atoms with Gasteiger partial charge in [0.2, 0.25) is 11.8 Å². The molecule has 1 aliphatic heterocycles. The molecule has 0 aliphatic carbocycles. The summed E-state index contributed by atoms with van der Waals surface area (Å²) in [5.74, 6) is 0.207. The molecule has 1 aliphatic rings. The quantitative estimate of drug-likeness (QED) is 0.839. The Labute approximate surface area is 125 Å². The molecule has 1 aromatic rings. The van der Waals surface area contributed by atoms with Gasteiger partial charge in [-0.25, -0.2) is 0 Å². The van der Waals surface area contributed by atoms with Crippen molar-refractivity contribution in [3.63, 3.8) is 0 Å². The van der Waals surface area contributed by atoms with Crippen molar-refractivity contribution in [2.45, 2.75) is 45.2 Å². The van der Waals surface area contributed by atoms with Crippen molar-refractivity contribution in [1.29, 1.82) is 0 Å². The van der Waals surface area contributed by atoms with Crippen LogP contribution in [-0.2, 0) is 16.1 Å². The molecule has 1 aromatic carbocycles. The van der Waals surface area contributed by atoms with E-state index >= 15 is 0 Å². The lowest BCUT2D eigenvalue weighted by Crippen LogP contribution is -2.23. The molecule has 1 heterocycles. The number of likely N-dealkylation sites (tertiary alicyclic amines) is 1. The van der Waals surface area contributed by atoms with E-state index in [2.05, 4.69) is 5.32 Å². The molecule has 1 atom stereocenters. The molecule has 5 heteroatoms. The first-order valence-electron chi connectivity index (χ1n) is 7.47. The van der Waals surface area contributed by atoms with Crippen molar-refractivity contribution in [3.8, 4) is 0 Å². The fraction of sp³-hybridized carbons (Fsp3) is 0.500. The van der Waals surface area contributed by atoms with Gasteiger partial charge in [0.05, 0.1) is 0 Å². The van der Waals surface area contributed by atoms with Gasteiger partial charge in [-0.15, -0.1) is 0 Å². The SMILES string of the molecule is CC(N)CCC(=O)Nc1ccc(CN2CCCC2=O)cc1. The fourth-order valence-electron chi connectivity index (χ4n) is 2.37. The molecule has 1 unspecified atom stereocenters. The smallest absolute Gasteiger partial charge is 0.224 e. The van der Waals surface area contributed by atoms with Gasteiger partial charge in [0.1, 0.15) is 0 Å². The van der Waals surface area contributed by atoms with Gasteiger partial charge in [-0.1, -0.05) is 12.1 Å². The third-order valence-corrected chi connectivity index (χ3v) is 3.61.